The summed E-state index contributed by atoms with van der Waals surface area (Å²) >= 11 is 1.60. The van der Waals surface area contributed by atoms with Crippen molar-refractivity contribution in [2.45, 2.75) is 20.4 Å². The van der Waals surface area contributed by atoms with E-state index in [0.717, 1.165) is 4.88 Å². The minimum Gasteiger partial charge on any atom is -0.481 e. The van der Waals surface area contributed by atoms with E-state index in [-0.39, 0.29) is 12.2 Å². The van der Waals surface area contributed by atoms with Crippen LogP contribution in [0.3, 0.4) is 0 Å². The van der Waals surface area contributed by atoms with E-state index in [9.17, 15) is 9.59 Å². The summed E-state index contributed by atoms with van der Waals surface area (Å²) in [4.78, 5) is 24.0. The number of amides is 1. The highest BCUT2D eigenvalue weighted by Crippen LogP contribution is 2.13. The van der Waals surface area contributed by atoms with E-state index in [2.05, 4.69) is 15.6 Å². The molecule has 7 nitrogen and oxygen atoms in total. The second-order valence-corrected chi connectivity index (χ2v) is 6.28. The van der Waals surface area contributed by atoms with E-state index < -0.39 is 17.3 Å². The minimum atomic E-state index is -1.03. The lowest BCUT2D eigenvalue weighted by molar-refractivity contribution is -0.146. The standard InChI is InChI=1S/C13H16N4O3S/c1-13(2,12(19)20)8-14-11(18)10-7-17(16-15-10)6-9-4-3-5-21-9/h3-5,7H,6,8H2,1-2H3,(H,14,18)(H,19,20). The number of carbonyl (C=O) groups excluding carboxylic acids is 1. The maximum absolute atomic E-state index is 11.9. The van der Waals surface area contributed by atoms with Crippen LogP contribution in [0.25, 0.3) is 0 Å². The van der Waals surface area contributed by atoms with Crippen LogP contribution in [-0.4, -0.2) is 38.5 Å². The molecule has 2 N–H and O–H groups in total. The molecular weight excluding hydrogens is 292 g/mol. The average Bonchev–Trinajstić information content (AvgIpc) is 3.08. The third-order valence-corrected chi connectivity index (χ3v) is 3.80. The summed E-state index contributed by atoms with van der Waals surface area (Å²) in [6.07, 6.45) is 1.54. The number of carboxylic acids is 1. The molecule has 0 aliphatic rings. The predicted octanol–water partition coefficient (Wildman–Crippen LogP) is 1.23. The third kappa shape index (κ3) is 3.88. The zero-order valence-electron chi connectivity index (χ0n) is 11.7. The van der Waals surface area contributed by atoms with Crippen molar-refractivity contribution in [3.63, 3.8) is 0 Å². The molecule has 0 aromatic carbocycles. The highest BCUT2D eigenvalue weighted by Gasteiger charge is 2.28. The van der Waals surface area contributed by atoms with Gasteiger partial charge in [-0.15, -0.1) is 16.4 Å². The van der Waals surface area contributed by atoms with Crippen LogP contribution in [0.2, 0.25) is 0 Å². The summed E-state index contributed by atoms with van der Waals surface area (Å²) in [7, 11) is 0. The molecule has 21 heavy (non-hydrogen) atoms. The van der Waals surface area contributed by atoms with Crippen LogP contribution in [0.1, 0.15) is 29.2 Å². The van der Waals surface area contributed by atoms with Gasteiger partial charge in [-0.2, -0.15) is 0 Å². The first-order valence-corrected chi connectivity index (χ1v) is 7.20. The van der Waals surface area contributed by atoms with Gasteiger partial charge in [-0.05, 0) is 25.3 Å². The summed E-state index contributed by atoms with van der Waals surface area (Å²) in [5.74, 6) is -1.40. The zero-order chi connectivity index (χ0) is 15.5. The molecule has 0 aliphatic heterocycles. The van der Waals surface area contributed by atoms with Crippen LogP contribution in [0, 0.1) is 5.41 Å². The third-order valence-electron chi connectivity index (χ3n) is 2.94. The fraction of sp³-hybridized carbons (Fsp3) is 0.385. The van der Waals surface area contributed by atoms with Gasteiger partial charge in [-0.1, -0.05) is 11.3 Å². The number of hydrogen-bond donors (Lipinski definition) is 2. The highest BCUT2D eigenvalue weighted by atomic mass is 32.1. The topological polar surface area (TPSA) is 97.1 Å². The molecule has 0 atom stereocenters. The number of aliphatic carboxylic acids is 1. The Morgan fingerprint density at radius 3 is 2.86 bits per heavy atom. The monoisotopic (exact) mass is 308 g/mol. The molecule has 8 heteroatoms. The maximum Gasteiger partial charge on any atom is 0.310 e. The molecule has 112 valence electrons. The first kappa shape index (κ1) is 15.2. The number of nitrogens with zero attached hydrogens (tertiary/aromatic N) is 3. The van der Waals surface area contributed by atoms with Gasteiger partial charge >= 0.3 is 5.97 Å². The van der Waals surface area contributed by atoms with Crippen molar-refractivity contribution in [3.05, 3.63) is 34.3 Å². The molecule has 2 aromatic rings. The Bertz CT molecular complexity index is 634. The van der Waals surface area contributed by atoms with Crippen molar-refractivity contribution in [3.8, 4) is 0 Å². The molecule has 1 amide bonds. The van der Waals surface area contributed by atoms with Crippen LogP contribution in [0.4, 0.5) is 0 Å². The Morgan fingerprint density at radius 1 is 1.48 bits per heavy atom. The molecule has 2 aromatic heterocycles. The molecular formula is C13H16N4O3S. The Hall–Kier alpha value is -2.22. The zero-order valence-corrected chi connectivity index (χ0v) is 12.6. The largest absolute Gasteiger partial charge is 0.481 e. The first-order chi connectivity index (χ1) is 9.88. The van der Waals surface area contributed by atoms with Crippen molar-refractivity contribution in [2.75, 3.05) is 6.54 Å². The molecule has 0 bridgehead atoms. The van der Waals surface area contributed by atoms with Gasteiger partial charge in [0, 0.05) is 11.4 Å². The Morgan fingerprint density at radius 2 is 2.24 bits per heavy atom. The number of thiophene rings is 1. The number of carbonyl (C=O) groups is 2. The fourth-order valence-corrected chi connectivity index (χ4v) is 2.21. The Labute approximate surface area is 125 Å². The second-order valence-electron chi connectivity index (χ2n) is 5.25. The van der Waals surface area contributed by atoms with Crippen LogP contribution in [0.5, 0.6) is 0 Å². The lowest BCUT2D eigenvalue weighted by Gasteiger charge is -2.18. The quantitative estimate of drug-likeness (QED) is 0.836. The number of nitrogens with one attached hydrogen (secondary N) is 1. The SMILES string of the molecule is CC(C)(CNC(=O)c1cn(Cc2cccs2)nn1)C(=O)O. The van der Waals surface area contributed by atoms with E-state index in [1.54, 1.807) is 36.1 Å². The van der Waals surface area contributed by atoms with Gasteiger partial charge in [-0.3, -0.25) is 9.59 Å². The predicted molar refractivity (Wildman–Crippen MR) is 77.2 cm³/mol. The van der Waals surface area contributed by atoms with Crippen LogP contribution < -0.4 is 5.32 Å². The van der Waals surface area contributed by atoms with Gasteiger partial charge in [0.05, 0.1) is 18.2 Å². The minimum absolute atomic E-state index is 0.0267. The normalized spacial score (nSPS) is 11.3. The first-order valence-electron chi connectivity index (χ1n) is 6.32. The van der Waals surface area contributed by atoms with Crippen LogP contribution in [-0.2, 0) is 11.3 Å². The van der Waals surface area contributed by atoms with E-state index in [1.165, 1.54) is 0 Å². The van der Waals surface area contributed by atoms with E-state index in [1.807, 2.05) is 17.5 Å². The van der Waals surface area contributed by atoms with Gasteiger partial charge in [0.15, 0.2) is 5.69 Å². The number of carboxylic acid groups (broad SMARTS) is 1. The molecule has 2 heterocycles. The molecule has 0 spiro atoms. The lowest BCUT2D eigenvalue weighted by atomic mass is 9.94. The molecule has 0 saturated heterocycles. The Balaban J connectivity index is 1.94. The van der Waals surface area contributed by atoms with Crippen molar-refractivity contribution < 1.29 is 14.7 Å². The smallest absolute Gasteiger partial charge is 0.310 e. The summed E-state index contributed by atoms with van der Waals surface area (Å²) in [5, 5.41) is 21.2. The van der Waals surface area contributed by atoms with Crippen molar-refractivity contribution in [2.24, 2.45) is 5.41 Å². The molecule has 2 rings (SSSR count). The van der Waals surface area contributed by atoms with E-state index >= 15 is 0 Å². The van der Waals surface area contributed by atoms with Gasteiger partial charge in [0.1, 0.15) is 0 Å². The molecule has 0 aliphatic carbocycles. The van der Waals surface area contributed by atoms with Gasteiger partial charge < -0.3 is 10.4 Å². The molecule has 0 unspecified atom stereocenters. The van der Waals surface area contributed by atoms with Gasteiger partial charge in [-0.25, -0.2) is 4.68 Å². The van der Waals surface area contributed by atoms with Gasteiger partial charge in [0.2, 0.25) is 0 Å². The summed E-state index contributed by atoms with van der Waals surface area (Å²) < 4.78 is 1.57. The van der Waals surface area contributed by atoms with Crippen LogP contribution in [0.15, 0.2) is 23.7 Å². The second kappa shape index (κ2) is 6.04. The lowest BCUT2D eigenvalue weighted by Crippen LogP contribution is -2.39. The van der Waals surface area contributed by atoms with Crippen molar-refractivity contribution in [1.29, 1.82) is 0 Å². The fourth-order valence-electron chi connectivity index (χ4n) is 1.51. The van der Waals surface area contributed by atoms with Crippen molar-refractivity contribution >= 4 is 23.2 Å². The van der Waals surface area contributed by atoms with E-state index in [0.29, 0.717) is 6.54 Å². The average molecular weight is 308 g/mol. The number of rotatable bonds is 6. The number of hydrogen-bond acceptors (Lipinski definition) is 5. The van der Waals surface area contributed by atoms with Crippen molar-refractivity contribution in [1.82, 2.24) is 20.3 Å². The Kier molecular flexibility index (Phi) is 4.37. The molecule has 0 radical (unpaired) electrons. The van der Waals surface area contributed by atoms with Crippen LogP contribution >= 0.6 is 11.3 Å². The highest BCUT2D eigenvalue weighted by molar-refractivity contribution is 7.09. The number of aromatic nitrogens is 3. The summed E-state index contributed by atoms with van der Waals surface area (Å²) in [6.45, 7) is 3.67. The maximum atomic E-state index is 11.9. The van der Waals surface area contributed by atoms with Gasteiger partial charge in [0.25, 0.3) is 5.91 Å². The molecule has 0 saturated carbocycles. The summed E-state index contributed by atoms with van der Waals surface area (Å²) in [6, 6.07) is 3.92. The summed E-state index contributed by atoms with van der Waals surface area (Å²) in [5.41, 5.74) is -0.851. The van der Waals surface area contributed by atoms with E-state index in [4.69, 9.17) is 5.11 Å². The molecule has 0 fully saturated rings.